The van der Waals surface area contributed by atoms with Gasteiger partial charge in [0, 0.05) is 26.1 Å². The molecule has 0 radical (unpaired) electrons. The summed E-state index contributed by atoms with van der Waals surface area (Å²) in [6.07, 6.45) is 7.53. The Kier molecular flexibility index (Phi) is 4.93. The molecule has 2 aliphatic rings. The molecule has 0 aromatic carbocycles. The van der Waals surface area contributed by atoms with E-state index in [9.17, 15) is 9.59 Å². The number of fused-ring (bicyclic) bond motifs is 1. The van der Waals surface area contributed by atoms with Crippen molar-refractivity contribution in [2.45, 2.75) is 32.1 Å². The van der Waals surface area contributed by atoms with Gasteiger partial charge in [-0.25, -0.2) is 0 Å². The fourth-order valence-electron chi connectivity index (χ4n) is 3.29. The van der Waals surface area contributed by atoms with Crippen molar-refractivity contribution in [1.29, 1.82) is 0 Å². The number of carbonyl (C=O) groups is 2. The quantitative estimate of drug-likeness (QED) is 0.868. The molecule has 1 N–H and O–H groups in total. The molecule has 3 rings (SSSR count). The monoisotopic (exact) mass is 318 g/mol. The molecule has 22 heavy (non-hydrogen) atoms. The maximum absolute atomic E-state index is 12.3. The lowest BCUT2D eigenvalue weighted by molar-refractivity contribution is -0.131. The maximum Gasteiger partial charge on any atom is 0.261 e. The van der Waals surface area contributed by atoms with E-state index in [0.29, 0.717) is 23.8 Å². The van der Waals surface area contributed by atoms with Crippen LogP contribution in [-0.4, -0.2) is 36.3 Å². The van der Waals surface area contributed by atoms with Gasteiger partial charge < -0.3 is 10.2 Å². The molecule has 5 heteroatoms. The Hall–Kier alpha value is -1.62. The molecule has 2 heterocycles. The van der Waals surface area contributed by atoms with E-state index in [2.05, 4.69) is 11.4 Å². The van der Waals surface area contributed by atoms with E-state index in [0.717, 1.165) is 25.9 Å². The molecular weight excluding hydrogens is 296 g/mol. The largest absolute Gasteiger partial charge is 0.351 e. The van der Waals surface area contributed by atoms with Crippen LogP contribution in [0.1, 0.15) is 41.8 Å². The zero-order chi connectivity index (χ0) is 15.4. The van der Waals surface area contributed by atoms with Crippen LogP contribution in [-0.2, 0) is 4.79 Å². The molecule has 1 aliphatic carbocycles. The van der Waals surface area contributed by atoms with E-state index in [1.165, 1.54) is 29.8 Å². The van der Waals surface area contributed by atoms with Crippen LogP contribution in [0.25, 0.3) is 0 Å². The SMILES string of the molecule is O=C(NCCC(=O)N1CCC2CCCC=C2C1)c1cccs1. The number of nitrogens with one attached hydrogen (secondary N) is 1. The van der Waals surface area contributed by atoms with Crippen molar-refractivity contribution in [2.75, 3.05) is 19.6 Å². The highest BCUT2D eigenvalue weighted by Crippen LogP contribution is 2.31. The van der Waals surface area contributed by atoms with Crippen LogP contribution in [0.15, 0.2) is 29.2 Å². The number of hydrogen-bond acceptors (Lipinski definition) is 3. The molecule has 1 atom stereocenters. The lowest BCUT2D eigenvalue weighted by Crippen LogP contribution is -2.41. The molecular formula is C17H22N2O2S. The second-order valence-corrected chi connectivity index (χ2v) is 6.94. The normalized spacial score (nSPS) is 21.0. The number of carbonyl (C=O) groups excluding carboxylic acids is 2. The lowest BCUT2D eigenvalue weighted by Gasteiger charge is -2.36. The highest BCUT2D eigenvalue weighted by Gasteiger charge is 2.27. The minimum atomic E-state index is -0.0866. The van der Waals surface area contributed by atoms with Gasteiger partial charge in [0.2, 0.25) is 5.91 Å². The highest BCUT2D eigenvalue weighted by molar-refractivity contribution is 7.12. The Bertz CT molecular complexity index is 565. The predicted molar refractivity (Wildman–Crippen MR) is 87.9 cm³/mol. The van der Waals surface area contributed by atoms with Gasteiger partial charge in [0.05, 0.1) is 4.88 Å². The van der Waals surface area contributed by atoms with E-state index < -0.39 is 0 Å². The number of nitrogens with zero attached hydrogens (tertiary/aromatic N) is 1. The summed E-state index contributed by atoms with van der Waals surface area (Å²) >= 11 is 1.42. The molecule has 1 aromatic rings. The lowest BCUT2D eigenvalue weighted by atomic mass is 9.82. The molecule has 2 amide bonds. The van der Waals surface area contributed by atoms with Crippen molar-refractivity contribution >= 4 is 23.2 Å². The maximum atomic E-state index is 12.3. The molecule has 1 fully saturated rings. The number of allylic oxidation sites excluding steroid dienone is 1. The van der Waals surface area contributed by atoms with Gasteiger partial charge in [-0.15, -0.1) is 11.3 Å². The van der Waals surface area contributed by atoms with Crippen molar-refractivity contribution in [1.82, 2.24) is 10.2 Å². The second kappa shape index (κ2) is 7.09. The minimum Gasteiger partial charge on any atom is -0.351 e. The van der Waals surface area contributed by atoms with Crippen molar-refractivity contribution < 1.29 is 9.59 Å². The molecule has 1 aromatic heterocycles. The summed E-state index contributed by atoms with van der Waals surface area (Å²) in [4.78, 5) is 26.8. The van der Waals surface area contributed by atoms with Crippen LogP contribution in [0.2, 0.25) is 0 Å². The van der Waals surface area contributed by atoms with Crippen LogP contribution in [0.5, 0.6) is 0 Å². The third-order valence-electron chi connectivity index (χ3n) is 4.53. The average Bonchev–Trinajstić information content (AvgIpc) is 3.08. The van der Waals surface area contributed by atoms with Gasteiger partial charge in [-0.3, -0.25) is 9.59 Å². The van der Waals surface area contributed by atoms with Crippen LogP contribution in [0.4, 0.5) is 0 Å². The van der Waals surface area contributed by atoms with Gasteiger partial charge in [-0.1, -0.05) is 17.7 Å². The Morgan fingerprint density at radius 2 is 2.27 bits per heavy atom. The number of likely N-dealkylation sites (tertiary alicyclic amines) is 1. The van der Waals surface area contributed by atoms with Crippen LogP contribution < -0.4 is 5.32 Å². The van der Waals surface area contributed by atoms with Crippen LogP contribution in [0, 0.1) is 5.92 Å². The molecule has 1 aliphatic heterocycles. The van der Waals surface area contributed by atoms with E-state index in [-0.39, 0.29) is 11.8 Å². The summed E-state index contributed by atoms with van der Waals surface area (Å²) in [5, 5.41) is 4.70. The summed E-state index contributed by atoms with van der Waals surface area (Å²) in [5.74, 6) is 0.768. The third-order valence-corrected chi connectivity index (χ3v) is 5.40. The topological polar surface area (TPSA) is 49.4 Å². The molecule has 4 nitrogen and oxygen atoms in total. The third kappa shape index (κ3) is 3.58. The van der Waals surface area contributed by atoms with E-state index in [1.54, 1.807) is 6.07 Å². The standard InChI is InChI=1S/C17H22N2O2S/c20-16(7-9-18-17(21)15-6-3-11-22-15)19-10-8-13-4-1-2-5-14(13)12-19/h3,5-6,11,13H,1-2,4,7-10,12H2,(H,18,21). The molecule has 1 saturated heterocycles. The highest BCUT2D eigenvalue weighted by atomic mass is 32.1. The zero-order valence-electron chi connectivity index (χ0n) is 12.7. The Balaban J connectivity index is 1.44. The number of thiophene rings is 1. The van der Waals surface area contributed by atoms with Gasteiger partial charge in [0.25, 0.3) is 5.91 Å². The minimum absolute atomic E-state index is 0.0866. The average molecular weight is 318 g/mol. The fourth-order valence-corrected chi connectivity index (χ4v) is 3.93. The Labute approximate surface area is 135 Å². The summed E-state index contributed by atoms with van der Waals surface area (Å²) in [6, 6.07) is 3.65. The van der Waals surface area contributed by atoms with Gasteiger partial charge in [0.15, 0.2) is 0 Å². The van der Waals surface area contributed by atoms with Crippen LogP contribution >= 0.6 is 11.3 Å². The smallest absolute Gasteiger partial charge is 0.261 e. The Morgan fingerprint density at radius 3 is 3.09 bits per heavy atom. The van der Waals surface area contributed by atoms with Crippen molar-refractivity contribution in [3.63, 3.8) is 0 Å². The first-order chi connectivity index (χ1) is 10.7. The predicted octanol–water partition coefficient (Wildman–Crippen LogP) is 2.83. The number of piperidine rings is 1. The molecule has 0 bridgehead atoms. The summed E-state index contributed by atoms with van der Waals surface area (Å²) in [5.41, 5.74) is 1.45. The number of hydrogen-bond donors (Lipinski definition) is 1. The summed E-state index contributed by atoms with van der Waals surface area (Å²) in [7, 11) is 0. The molecule has 118 valence electrons. The molecule has 1 unspecified atom stereocenters. The van der Waals surface area contributed by atoms with Crippen molar-refractivity contribution in [3.05, 3.63) is 34.0 Å². The van der Waals surface area contributed by atoms with E-state index in [4.69, 9.17) is 0 Å². The molecule has 0 spiro atoms. The summed E-state index contributed by atoms with van der Waals surface area (Å²) in [6.45, 7) is 2.07. The first-order valence-corrected chi connectivity index (χ1v) is 8.90. The summed E-state index contributed by atoms with van der Waals surface area (Å²) < 4.78 is 0. The fraction of sp³-hybridized carbons (Fsp3) is 0.529. The Morgan fingerprint density at radius 1 is 1.36 bits per heavy atom. The number of amides is 2. The van der Waals surface area contributed by atoms with Crippen molar-refractivity contribution in [2.24, 2.45) is 5.92 Å². The van der Waals surface area contributed by atoms with E-state index >= 15 is 0 Å². The van der Waals surface area contributed by atoms with Gasteiger partial charge in [-0.2, -0.15) is 0 Å². The zero-order valence-corrected chi connectivity index (χ0v) is 13.5. The van der Waals surface area contributed by atoms with Gasteiger partial charge >= 0.3 is 0 Å². The number of rotatable bonds is 4. The van der Waals surface area contributed by atoms with Gasteiger partial charge in [0.1, 0.15) is 0 Å². The first-order valence-electron chi connectivity index (χ1n) is 8.02. The van der Waals surface area contributed by atoms with Crippen molar-refractivity contribution in [3.8, 4) is 0 Å². The first kappa shape index (κ1) is 15.3. The molecule has 0 saturated carbocycles. The van der Waals surface area contributed by atoms with E-state index in [1.807, 2.05) is 16.3 Å². The van der Waals surface area contributed by atoms with Crippen LogP contribution in [0.3, 0.4) is 0 Å². The van der Waals surface area contributed by atoms with Gasteiger partial charge in [-0.05, 0) is 43.0 Å². The second-order valence-electron chi connectivity index (χ2n) is 5.99.